The van der Waals surface area contributed by atoms with Crippen LogP contribution >= 0.6 is 23.5 Å². The first-order valence-corrected chi connectivity index (χ1v) is 15.6. The number of nitriles is 1. The van der Waals surface area contributed by atoms with Gasteiger partial charge in [-0.05, 0) is 55.2 Å². The molecule has 2 aliphatic heterocycles. The van der Waals surface area contributed by atoms with Crippen molar-refractivity contribution in [2.45, 2.75) is 72.6 Å². The van der Waals surface area contributed by atoms with E-state index in [1.807, 2.05) is 29.6 Å². The fourth-order valence-corrected chi connectivity index (χ4v) is 8.32. The number of hydrogen-bond acceptors (Lipinski definition) is 7. The molecule has 0 bridgehead atoms. The number of fused-ring (bicyclic) bond motifs is 3. The Balaban J connectivity index is 1.29. The van der Waals surface area contributed by atoms with E-state index in [1.165, 1.54) is 22.6 Å². The summed E-state index contributed by atoms with van der Waals surface area (Å²) < 4.78 is 27.8. The van der Waals surface area contributed by atoms with E-state index in [2.05, 4.69) is 41.2 Å². The van der Waals surface area contributed by atoms with Crippen molar-refractivity contribution in [2.75, 3.05) is 12.3 Å². The molecule has 0 aromatic heterocycles. The molecule has 9 heteroatoms. The summed E-state index contributed by atoms with van der Waals surface area (Å²) in [5.41, 5.74) is 1.51. The zero-order valence-corrected chi connectivity index (χ0v) is 22.4. The van der Waals surface area contributed by atoms with Crippen LogP contribution in [0.3, 0.4) is 0 Å². The molecule has 186 valence electrons. The van der Waals surface area contributed by atoms with Crippen LogP contribution in [0.2, 0.25) is 0 Å². The Kier molecular flexibility index (Phi) is 9.17. The van der Waals surface area contributed by atoms with Crippen LogP contribution in [-0.4, -0.2) is 37.2 Å². The number of thioether (sulfide) groups is 2. The van der Waals surface area contributed by atoms with E-state index in [0.29, 0.717) is 17.8 Å². The van der Waals surface area contributed by atoms with Gasteiger partial charge in [-0.15, -0.1) is 11.8 Å². The minimum absolute atomic E-state index is 0.0431. The lowest BCUT2D eigenvalue weighted by Crippen LogP contribution is -2.33. The number of nitrogens with zero attached hydrogens (tertiary/aromatic N) is 2. The van der Waals surface area contributed by atoms with Crippen LogP contribution in [-0.2, 0) is 10.0 Å². The fourth-order valence-electron chi connectivity index (χ4n) is 4.55. The zero-order chi connectivity index (χ0) is 24.7. The van der Waals surface area contributed by atoms with Crippen molar-refractivity contribution >= 4 is 38.7 Å². The van der Waals surface area contributed by atoms with Crippen molar-refractivity contribution in [3.63, 3.8) is 0 Å². The summed E-state index contributed by atoms with van der Waals surface area (Å²) in [6, 6.07) is 17.4. The summed E-state index contributed by atoms with van der Waals surface area (Å²) in [6.07, 6.45) is 5.90. The summed E-state index contributed by atoms with van der Waals surface area (Å²) in [6.45, 7) is 2.55. The molecule has 2 unspecified atom stereocenters. The van der Waals surface area contributed by atoms with Crippen LogP contribution in [0.4, 0.5) is 0 Å². The van der Waals surface area contributed by atoms with Crippen LogP contribution in [0, 0.1) is 11.3 Å². The smallest absolute Gasteiger partial charge is 0.241 e. The van der Waals surface area contributed by atoms with E-state index in [1.54, 1.807) is 12.1 Å². The maximum Gasteiger partial charge on any atom is 0.241 e. The number of hydrogen-bond donors (Lipinski definition) is 2. The molecule has 2 heterocycles. The van der Waals surface area contributed by atoms with Gasteiger partial charge in [0.2, 0.25) is 10.0 Å². The van der Waals surface area contributed by atoms with E-state index in [9.17, 15) is 13.7 Å². The third-order valence-electron chi connectivity index (χ3n) is 6.30. The molecule has 2 aromatic carbocycles. The van der Waals surface area contributed by atoms with Gasteiger partial charge in [-0.25, -0.2) is 13.1 Å². The van der Waals surface area contributed by atoms with Crippen LogP contribution in [0.5, 0.6) is 0 Å². The molecule has 0 amide bonds. The molecule has 4 rings (SSSR count). The molecular weight excluding hydrogens is 497 g/mol. The fraction of sp³-hybridized carbons (Fsp3) is 0.462. The number of sulfonamides is 1. The molecule has 35 heavy (non-hydrogen) atoms. The Bertz CT molecular complexity index is 1190. The quantitative estimate of drug-likeness (QED) is 0.397. The Morgan fingerprint density at radius 1 is 1.14 bits per heavy atom. The topological polar surface area (TPSA) is 94.4 Å². The zero-order valence-electron chi connectivity index (χ0n) is 19.9. The van der Waals surface area contributed by atoms with Crippen molar-refractivity contribution in [2.24, 2.45) is 4.99 Å². The van der Waals surface area contributed by atoms with Gasteiger partial charge in [0.15, 0.2) is 5.17 Å². The van der Waals surface area contributed by atoms with Crippen molar-refractivity contribution in [3.8, 4) is 6.07 Å². The van der Waals surface area contributed by atoms with E-state index >= 15 is 0 Å². The minimum Gasteiger partial charge on any atom is -0.362 e. The van der Waals surface area contributed by atoms with Crippen LogP contribution < -0.4 is 10.0 Å². The molecule has 0 aliphatic carbocycles. The number of aliphatic imine (C=N–C) groups is 1. The minimum atomic E-state index is -3.68. The lowest BCUT2D eigenvalue weighted by Gasteiger charge is -2.19. The summed E-state index contributed by atoms with van der Waals surface area (Å²) in [5.74, 6) is 1.13. The van der Waals surface area contributed by atoms with Crippen molar-refractivity contribution in [3.05, 3.63) is 59.7 Å². The molecule has 0 radical (unpaired) electrons. The lowest BCUT2D eigenvalue weighted by molar-refractivity contribution is 0.488. The summed E-state index contributed by atoms with van der Waals surface area (Å²) in [7, 11) is -3.68. The van der Waals surface area contributed by atoms with Gasteiger partial charge in [-0.1, -0.05) is 61.9 Å². The molecule has 0 spiro atoms. The standard InChI is InChI=1S/C26H32N4O2S3/c1-2-9-20(11-7-8-16-28-35(31,32)24-14-6-3-10-19(24)18-27)29-26-30-25-21-12-4-5-13-22(21)33-17-15-23(25)34-26/h3-6,10,12-14,20,23,25,28H,2,7-9,11,15-17H2,1H3,(H,29,30)/t20-,23?,25?/m0/s1. The first-order valence-electron chi connectivity index (χ1n) is 12.2. The first kappa shape index (κ1) is 26.1. The third kappa shape index (κ3) is 6.62. The molecular formula is C26H32N4O2S3. The van der Waals surface area contributed by atoms with Crippen LogP contribution in [0.15, 0.2) is 63.3 Å². The average molecular weight is 529 g/mol. The first-order chi connectivity index (χ1) is 17.0. The second kappa shape index (κ2) is 12.3. The number of amidine groups is 1. The SMILES string of the molecule is CCC[C@@H](CCCCNS(=O)(=O)c1ccccc1C#N)NC1=NC2c3ccccc3SCCC2S1. The summed E-state index contributed by atoms with van der Waals surface area (Å²) in [4.78, 5) is 6.50. The van der Waals surface area contributed by atoms with Gasteiger partial charge in [0.25, 0.3) is 0 Å². The van der Waals surface area contributed by atoms with E-state index in [0.717, 1.165) is 49.4 Å². The molecule has 2 aromatic rings. The van der Waals surface area contributed by atoms with Crippen LogP contribution in [0.1, 0.15) is 62.6 Å². The highest BCUT2D eigenvalue weighted by Crippen LogP contribution is 2.45. The van der Waals surface area contributed by atoms with Gasteiger partial charge in [-0.3, -0.25) is 4.99 Å². The van der Waals surface area contributed by atoms with Gasteiger partial charge in [0.1, 0.15) is 6.07 Å². The number of benzene rings is 2. The Labute approximate surface area is 217 Å². The van der Waals surface area contributed by atoms with Gasteiger partial charge in [0.05, 0.1) is 16.5 Å². The lowest BCUT2D eigenvalue weighted by atomic mass is 10.0. The largest absolute Gasteiger partial charge is 0.362 e. The van der Waals surface area contributed by atoms with Crippen LogP contribution in [0.25, 0.3) is 0 Å². The normalized spacial score (nSPS) is 20.2. The third-order valence-corrected chi connectivity index (χ3v) is 10.2. The molecule has 0 fully saturated rings. The highest BCUT2D eigenvalue weighted by Gasteiger charge is 2.35. The van der Waals surface area contributed by atoms with E-state index in [-0.39, 0.29) is 16.5 Å². The molecule has 6 nitrogen and oxygen atoms in total. The highest BCUT2D eigenvalue weighted by molar-refractivity contribution is 8.14. The highest BCUT2D eigenvalue weighted by atomic mass is 32.2. The molecule has 3 atom stereocenters. The summed E-state index contributed by atoms with van der Waals surface area (Å²) in [5, 5.41) is 14.4. The molecule has 2 N–H and O–H groups in total. The van der Waals surface area contributed by atoms with E-state index < -0.39 is 10.0 Å². The van der Waals surface area contributed by atoms with E-state index in [4.69, 9.17) is 4.99 Å². The van der Waals surface area contributed by atoms with Crippen molar-refractivity contribution in [1.29, 1.82) is 5.26 Å². The van der Waals surface area contributed by atoms with Gasteiger partial charge in [-0.2, -0.15) is 5.26 Å². The Morgan fingerprint density at radius 2 is 1.94 bits per heavy atom. The van der Waals surface area contributed by atoms with Gasteiger partial charge < -0.3 is 5.32 Å². The Morgan fingerprint density at radius 3 is 2.77 bits per heavy atom. The monoisotopic (exact) mass is 528 g/mol. The second-order valence-corrected chi connectivity index (χ2v) is 12.9. The number of nitrogens with one attached hydrogen (secondary N) is 2. The second-order valence-electron chi connectivity index (χ2n) is 8.84. The predicted molar refractivity (Wildman–Crippen MR) is 145 cm³/mol. The number of rotatable bonds is 10. The molecule has 0 saturated carbocycles. The molecule has 0 saturated heterocycles. The van der Waals surface area contributed by atoms with Gasteiger partial charge in [0, 0.05) is 22.7 Å². The summed E-state index contributed by atoms with van der Waals surface area (Å²) >= 11 is 3.82. The van der Waals surface area contributed by atoms with Crippen molar-refractivity contribution < 1.29 is 8.42 Å². The predicted octanol–water partition coefficient (Wildman–Crippen LogP) is 5.47. The average Bonchev–Trinajstić information content (AvgIpc) is 3.18. The maximum atomic E-state index is 12.6. The van der Waals surface area contributed by atoms with Crippen molar-refractivity contribution in [1.82, 2.24) is 10.0 Å². The number of unbranched alkanes of at least 4 members (excludes halogenated alkanes) is 1. The molecule has 2 aliphatic rings. The Hall–Kier alpha value is -1.99. The van der Waals surface area contributed by atoms with Gasteiger partial charge >= 0.3 is 0 Å². The maximum absolute atomic E-state index is 12.6.